The summed E-state index contributed by atoms with van der Waals surface area (Å²) in [5.41, 5.74) is 0. The monoisotopic (exact) mass is 1440 g/mol. The summed E-state index contributed by atoms with van der Waals surface area (Å²) in [6, 6.07) is -15.3. The number of fused-ring (bicyclic) bond motifs is 2. The maximum atomic E-state index is 14.9. The van der Waals surface area contributed by atoms with E-state index in [2.05, 4.69) is 60.1 Å². The van der Waals surface area contributed by atoms with Gasteiger partial charge in [-0.3, -0.25) is 86.3 Å². The fourth-order valence-electron chi connectivity index (χ4n) is 11.4. The van der Waals surface area contributed by atoms with Crippen molar-refractivity contribution < 1.29 is 112 Å². The summed E-state index contributed by atoms with van der Waals surface area (Å²) in [6.45, 7) is 2.65. The molecule has 37 heteroatoms. The Bertz CT molecular complexity index is 2920. The van der Waals surface area contributed by atoms with Gasteiger partial charge < -0.3 is 99.5 Å². The first-order valence-corrected chi connectivity index (χ1v) is 34.3. The molecular formula is C64H104N14O23. The van der Waals surface area contributed by atoms with Gasteiger partial charge in [0.05, 0.1) is 51.5 Å². The van der Waals surface area contributed by atoms with Gasteiger partial charge in [-0.15, -0.1) is 0 Å². The number of carbonyl (C=O) groups is 18. The van der Waals surface area contributed by atoms with Gasteiger partial charge in [-0.25, -0.2) is 0 Å². The van der Waals surface area contributed by atoms with E-state index < -0.39 is 231 Å². The van der Waals surface area contributed by atoms with Crippen molar-refractivity contribution in [3.05, 3.63) is 0 Å². The molecule has 0 saturated carbocycles. The number of unbranched alkanes of at least 4 members (excludes halogenated alkanes) is 11. The summed E-state index contributed by atoms with van der Waals surface area (Å²) >= 11 is 0. The van der Waals surface area contributed by atoms with Crippen LogP contribution in [0.3, 0.4) is 0 Å². The summed E-state index contributed by atoms with van der Waals surface area (Å²) in [6.07, 6.45) is 8.17. The molecule has 3 rings (SSSR count). The number of rotatable bonds is 31. The Labute approximate surface area is 584 Å². The number of amides is 14. The van der Waals surface area contributed by atoms with Crippen molar-refractivity contribution in [2.45, 2.75) is 243 Å². The van der Waals surface area contributed by atoms with Crippen molar-refractivity contribution in [2.24, 2.45) is 5.92 Å². The van der Waals surface area contributed by atoms with Crippen LogP contribution < -0.4 is 63.8 Å². The molecule has 0 aromatic rings. The van der Waals surface area contributed by atoms with E-state index in [9.17, 15) is 107 Å². The molecule has 0 aliphatic carbocycles. The maximum Gasteiger partial charge on any atom is 0.305 e. The predicted molar refractivity (Wildman–Crippen MR) is 355 cm³/mol. The molecule has 0 aromatic carbocycles. The Hall–Kier alpha value is -9.42. The van der Waals surface area contributed by atoms with Crippen LogP contribution in [0.25, 0.3) is 0 Å². The zero-order chi connectivity index (χ0) is 74.6. The summed E-state index contributed by atoms with van der Waals surface area (Å²) in [4.78, 5) is 242. The minimum atomic E-state index is -2.03. The normalized spacial score (nSPS) is 22.4. The first-order chi connectivity index (χ1) is 47.4. The molecule has 37 nitrogen and oxygen atoms in total. The highest BCUT2D eigenvalue weighted by atomic mass is 16.4. The summed E-state index contributed by atoms with van der Waals surface area (Å²) in [7, 11) is 0. The number of hydrogen-bond acceptors (Lipinski definition) is 19. The van der Waals surface area contributed by atoms with Crippen LogP contribution in [0.1, 0.15) is 182 Å². The number of carboxylic acid groups (broad SMARTS) is 3. The summed E-state index contributed by atoms with van der Waals surface area (Å²) in [5, 5.41) is 66.9. The lowest BCUT2D eigenvalue weighted by Crippen LogP contribution is -2.63. The van der Waals surface area contributed by atoms with Gasteiger partial charge in [-0.05, 0) is 58.3 Å². The Kier molecular flexibility index (Phi) is 40.0. The van der Waals surface area contributed by atoms with E-state index in [1.165, 1.54) is 45.4 Å². The first kappa shape index (κ1) is 87.7. The van der Waals surface area contributed by atoms with E-state index in [-0.39, 0.29) is 57.1 Å². The molecule has 0 radical (unpaired) electrons. The highest BCUT2D eigenvalue weighted by Gasteiger charge is 2.43. The second-order valence-corrected chi connectivity index (χ2v) is 25.4. The quantitative estimate of drug-likeness (QED) is 0.0291. The van der Waals surface area contributed by atoms with Gasteiger partial charge >= 0.3 is 17.9 Å². The number of piperidine rings is 1. The number of hydrogen-bond donors (Lipinski definition) is 16. The molecule has 0 aromatic heterocycles. The van der Waals surface area contributed by atoms with E-state index in [1.807, 2.05) is 10.6 Å². The number of carbonyl (C=O) groups excluding carboxylic acids is 15. The van der Waals surface area contributed by atoms with E-state index >= 15 is 0 Å². The van der Waals surface area contributed by atoms with Crippen molar-refractivity contribution in [1.82, 2.24) is 73.6 Å². The maximum absolute atomic E-state index is 14.9. The van der Waals surface area contributed by atoms with E-state index in [1.54, 1.807) is 13.8 Å². The number of Topliss-reactive ketones (excluding diaryl/α,β-unsaturated/α-hetero) is 1. The fourth-order valence-corrected chi connectivity index (χ4v) is 11.4. The molecule has 3 saturated heterocycles. The van der Waals surface area contributed by atoms with Gasteiger partial charge in [0.2, 0.25) is 82.7 Å². The molecular weight excluding hydrogens is 1330 g/mol. The van der Waals surface area contributed by atoms with Crippen LogP contribution in [-0.4, -0.2) is 248 Å². The van der Waals surface area contributed by atoms with Gasteiger partial charge in [0.1, 0.15) is 60.2 Å². The topological polar surface area (TPSA) is 571 Å². The Morgan fingerprint density at radius 1 is 0.515 bits per heavy atom. The number of aliphatic hydroxyl groups is 1. The molecule has 3 fully saturated rings. The summed E-state index contributed by atoms with van der Waals surface area (Å²) in [5.74, 6) is -21.1. The van der Waals surface area contributed by atoms with Gasteiger partial charge in [0, 0.05) is 32.5 Å². The molecule has 11 atom stereocenters. The lowest BCUT2D eigenvalue weighted by molar-refractivity contribution is -0.146. The second-order valence-electron chi connectivity index (χ2n) is 25.4. The number of nitrogens with one attached hydrogen (secondary N) is 12. The Morgan fingerprint density at radius 3 is 1.49 bits per heavy atom. The second kappa shape index (κ2) is 46.1. The molecule has 568 valence electrons. The van der Waals surface area contributed by atoms with Gasteiger partial charge in [-0.2, -0.15) is 0 Å². The lowest BCUT2D eigenvalue weighted by Gasteiger charge is -2.37. The molecule has 14 amide bonds. The van der Waals surface area contributed by atoms with Crippen molar-refractivity contribution in [3.8, 4) is 0 Å². The molecule has 0 bridgehead atoms. The molecule has 101 heavy (non-hydrogen) atoms. The van der Waals surface area contributed by atoms with Crippen molar-refractivity contribution in [1.29, 1.82) is 0 Å². The number of ketones is 1. The molecule has 3 aliphatic rings. The summed E-state index contributed by atoms with van der Waals surface area (Å²) < 4.78 is 0. The SMILES string of the molecule is CCCCCCCCCCCCCCC(=O)N[C@@H](CC(C)=O)C(=O)NCC(=O)N[C@@H](CC(=O)O)C(=O)N[C@H]1CNC(=O)[C@@H]2CCCN2C(=O)[C@H]([C@H](C)CC)NC(=O)[C@H]([C@@H](C)O)NC(=O)CNC(=O)[C@H](CC(=O)O)NC(=O)CNC(=O)[C@H](CC(=O)O)NC(=O)CNC(=O)[C@@H]2CCCCN2C1=O.O. The van der Waals surface area contributed by atoms with Crippen molar-refractivity contribution in [3.63, 3.8) is 0 Å². The largest absolute Gasteiger partial charge is 0.481 e. The zero-order valence-corrected chi connectivity index (χ0v) is 58.1. The van der Waals surface area contributed by atoms with Crippen LogP contribution in [-0.2, 0) is 86.3 Å². The third-order valence-electron chi connectivity index (χ3n) is 17.1. The predicted octanol–water partition coefficient (Wildman–Crippen LogP) is -4.56. The smallest absolute Gasteiger partial charge is 0.305 e. The zero-order valence-electron chi connectivity index (χ0n) is 58.1. The first-order valence-electron chi connectivity index (χ1n) is 34.3. The highest BCUT2D eigenvalue weighted by molar-refractivity contribution is 6.01. The van der Waals surface area contributed by atoms with Crippen molar-refractivity contribution >= 4 is 106 Å². The minimum Gasteiger partial charge on any atom is -0.481 e. The van der Waals surface area contributed by atoms with Crippen molar-refractivity contribution in [2.75, 3.05) is 45.8 Å². The number of aliphatic hydroxyl groups excluding tert-OH is 1. The van der Waals surface area contributed by atoms with Gasteiger partial charge in [-0.1, -0.05) is 97.8 Å². The van der Waals surface area contributed by atoms with Crippen LogP contribution in [0.15, 0.2) is 0 Å². The van der Waals surface area contributed by atoms with Crippen LogP contribution in [0.2, 0.25) is 0 Å². The van der Waals surface area contributed by atoms with Crippen LogP contribution >= 0.6 is 0 Å². The molecule has 3 heterocycles. The van der Waals surface area contributed by atoms with E-state index in [0.29, 0.717) is 12.8 Å². The van der Waals surface area contributed by atoms with Gasteiger partial charge in [0.15, 0.2) is 0 Å². The number of aliphatic carboxylic acids is 3. The lowest BCUT2D eigenvalue weighted by atomic mass is 9.96. The molecule has 0 unspecified atom stereocenters. The number of nitrogens with zero attached hydrogens (tertiary/aromatic N) is 2. The molecule has 0 spiro atoms. The van der Waals surface area contributed by atoms with Crippen LogP contribution in [0, 0.1) is 5.92 Å². The number of carboxylic acids is 3. The average molecular weight is 1440 g/mol. The fraction of sp³-hybridized carbons (Fsp3) is 0.719. The Balaban J connectivity index is 0.0000347. The highest BCUT2D eigenvalue weighted by Crippen LogP contribution is 2.23. The molecule has 3 aliphatic heterocycles. The molecule has 18 N–H and O–H groups in total. The van der Waals surface area contributed by atoms with Gasteiger partial charge in [0.25, 0.3) is 0 Å². The van der Waals surface area contributed by atoms with Crippen LogP contribution in [0.4, 0.5) is 0 Å². The van der Waals surface area contributed by atoms with E-state index in [4.69, 9.17) is 0 Å². The van der Waals surface area contributed by atoms with Crippen LogP contribution in [0.5, 0.6) is 0 Å². The third-order valence-corrected chi connectivity index (χ3v) is 17.1. The standard InChI is InChI=1S/C64H102N14O22.H2O/c1-6-8-9-10-11-12-13-14-15-16-17-18-24-46(81)70-39(27-37(4)79)56(92)66-33-48(83)73-42(30-53(90)91)59(95)74-43-31-65-60(96)45-23-21-26-78(45)64(100)54(36(3)7-2)76-62(98)55(38(5)80)75-50(85)35-68-58(94)41(29-52(88)89)71-47(82)32-67-57(93)40(28-51(86)87)72-49(84)34-69-61(97)44-22-19-20-25-77(44)63(43)99;/h36,38-45,54-55,80H,6-35H2,1-5H3,(H,65,96)(H,66,92)(H,67,93)(H,68,94)(H,69,97)(H,70,81)(H,71,82)(H,72,84)(H,73,83)(H,74,95)(H,75,85)(H,76,98)(H,86,87)(H,88,89)(H,90,91);1H2/t36-,38-,39+,40+,41+,42+,43+,44+,45+,54+,55+;/m1./s1. The average Bonchev–Trinajstić information content (AvgIpc) is 1.73. The van der Waals surface area contributed by atoms with E-state index in [0.717, 1.165) is 48.8 Å². The third kappa shape index (κ3) is 32.2. The minimum absolute atomic E-state index is 0. The Morgan fingerprint density at radius 2 is 0.980 bits per heavy atom.